The van der Waals surface area contributed by atoms with Crippen molar-refractivity contribution >= 4 is 23.1 Å². The highest BCUT2D eigenvalue weighted by Crippen LogP contribution is 2.37. The Morgan fingerprint density at radius 2 is 1.74 bits per heavy atom. The van der Waals surface area contributed by atoms with Crippen LogP contribution in [0.3, 0.4) is 0 Å². The second-order valence-corrected chi connectivity index (χ2v) is 6.39. The van der Waals surface area contributed by atoms with Gasteiger partial charge in [-0.15, -0.1) is 0 Å². The van der Waals surface area contributed by atoms with Crippen LogP contribution in [0.4, 0.5) is 36.3 Å². The number of hydrogen-bond donors (Lipinski definition) is 1. The van der Waals surface area contributed by atoms with E-state index in [4.69, 9.17) is 0 Å². The Morgan fingerprint density at radius 3 is 2.56 bits per heavy atom. The summed E-state index contributed by atoms with van der Waals surface area (Å²) >= 11 is 0. The minimum atomic E-state index is -4.45. The first-order chi connectivity index (χ1) is 12.9. The van der Waals surface area contributed by atoms with Crippen LogP contribution in [0.25, 0.3) is 0 Å². The molecule has 0 fully saturated rings. The standard InChI is InChI=1S/C20H17F3N4/c1-13-12-18(27-11-10-14-6-2-5-9-17(14)27)26-19(24-13)25-16-8-4-3-7-15(16)20(21,22)23/h2-9,12H,10-11H2,1H3,(H,24,25,26). The minimum absolute atomic E-state index is 0.0663. The van der Waals surface area contributed by atoms with Crippen molar-refractivity contribution in [2.24, 2.45) is 0 Å². The van der Waals surface area contributed by atoms with E-state index in [9.17, 15) is 13.2 Å². The van der Waals surface area contributed by atoms with Gasteiger partial charge in [-0.3, -0.25) is 0 Å². The molecule has 27 heavy (non-hydrogen) atoms. The Labute approximate surface area is 154 Å². The fraction of sp³-hybridized carbons (Fsp3) is 0.200. The van der Waals surface area contributed by atoms with Gasteiger partial charge in [0.1, 0.15) is 5.82 Å². The third kappa shape index (κ3) is 3.45. The molecule has 1 aliphatic rings. The fourth-order valence-electron chi connectivity index (χ4n) is 3.28. The average molecular weight is 370 g/mol. The first-order valence-corrected chi connectivity index (χ1v) is 8.56. The molecular weight excluding hydrogens is 353 g/mol. The van der Waals surface area contributed by atoms with Gasteiger partial charge >= 0.3 is 6.18 Å². The fourth-order valence-corrected chi connectivity index (χ4v) is 3.28. The van der Waals surface area contributed by atoms with Crippen LogP contribution in [-0.4, -0.2) is 16.5 Å². The maximum absolute atomic E-state index is 13.2. The zero-order chi connectivity index (χ0) is 19.0. The highest BCUT2D eigenvalue weighted by molar-refractivity contribution is 5.69. The second kappa shape index (κ2) is 6.57. The van der Waals surface area contributed by atoms with Gasteiger partial charge in [-0.2, -0.15) is 18.2 Å². The average Bonchev–Trinajstić information content (AvgIpc) is 3.05. The van der Waals surface area contributed by atoms with Crippen LogP contribution in [0.5, 0.6) is 0 Å². The van der Waals surface area contributed by atoms with Crippen LogP contribution in [0.2, 0.25) is 0 Å². The molecule has 3 aromatic rings. The Kier molecular flexibility index (Phi) is 4.22. The number of nitrogens with zero attached hydrogens (tertiary/aromatic N) is 3. The van der Waals surface area contributed by atoms with Gasteiger partial charge in [0.05, 0.1) is 11.3 Å². The van der Waals surface area contributed by atoms with Gasteiger partial charge in [-0.1, -0.05) is 30.3 Å². The number of para-hydroxylation sites is 2. The number of alkyl halides is 3. The maximum atomic E-state index is 13.2. The van der Waals surface area contributed by atoms with E-state index in [-0.39, 0.29) is 11.6 Å². The molecule has 0 saturated carbocycles. The number of halogens is 3. The van der Waals surface area contributed by atoms with E-state index < -0.39 is 11.7 Å². The van der Waals surface area contributed by atoms with Crippen molar-refractivity contribution in [1.82, 2.24) is 9.97 Å². The van der Waals surface area contributed by atoms with Gasteiger partial charge in [-0.05, 0) is 37.1 Å². The Hall–Kier alpha value is -3.09. The molecule has 0 saturated heterocycles. The van der Waals surface area contributed by atoms with Gasteiger partial charge in [0.25, 0.3) is 0 Å². The largest absolute Gasteiger partial charge is 0.418 e. The molecule has 4 nitrogen and oxygen atoms in total. The Morgan fingerprint density at radius 1 is 1.00 bits per heavy atom. The van der Waals surface area contributed by atoms with Crippen LogP contribution in [0.1, 0.15) is 16.8 Å². The third-order valence-electron chi connectivity index (χ3n) is 4.48. The van der Waals surface area contributed by atoms with Crippen LogP contribution in [-0.2, 0) is 12.6 Å². The summed E-state index contributed by atoms with van der Waals surface area (Å²) in [6.07, 6.45) is -3.55. The van der Waals surface area contributed by atoms with Gasteiger partial charge < -0.3 is 10.2 Å². The summed E-state index contributed by atoms with van der Waals surface area (Å²) in [5, 5.41) is 2.74. The number of anilines is 4. The lowest BCUT2D eigenvalue weighted by Gasteiger charge is -2.20. The first-order valence-electron chi connectivity index (χ1n) is 8.56. The molecule has 0 atom stereocenters. The molecule has 0 bridgehead atoms. The van der Waals surface area contributed by atoms with Crippen LogP contribution < -0.4 is 10.2 Å². The summed E-state index contributed by atoms with van der Waals surface area (Å²) in [5.41, 5.74) is 2.16. The monoisotopic (exact) mass is 370 g/mol. The predicted octanol–water partition coefficient (Wildman–Crippen LogP) is 5.24. The predicted molar refractivity (Wildman–Crippen MR) is 98.6 cm³/mol. The van der Waals surface area contributed by atoms with Crippen molar-refractivity contribution in [2.45, 2.75) is 19.5 Å². The van der Waals surface area contributed by atoms with E-state index in [1.165, 1.54) is 17.7 Å². The number of rotatable bonds is 3. The lowest BCUT2D eigenvalue weighted by molar-refractivity contribution is -0.136. The number of aryl methyl sites for hydroxylation is 1. The van der Waals surface area contributed by atoms with Crippen molar-refractivity contribution in [3.63, 3.8) is 0 Å². The molecule has 1 aromatic heterocycles. The van der Waals surface area contributed by atoms with Crippen molar-refractivity contribution in [3.8, 4) is 0 Å². The molecule has 2 aromatic carbocycles. The number of benzene rings is 2. The van der Waals surface area contributed by atoms with Gasteiger partial charge in [0.15, 0.2) is 0 Å². The number of nitrogens with one attached hydrogen (secondary N) is 1. The van der Waals surface area contributed by atoms with Crippen molar-refractivity contribution in [3.05, 3.63) is 71.4 Å². The van der Waals surface area contributed by atoms with E-state index in [0.717, 1.165) is 24.7 Å². The number of fused-ring (bicyclic) bond motifs is 1. The molecular formula is C20H17F3N4. The zero-order valence-corrected chi connectivity index (χ0v) is 14.6. The summed E-state index contributed by atoms with van der Waals surface area (Å²) in [6.45, 7) is 2.57. The second-order valence-electron chi connectivity index (χ2n) is 6.39. The maximum Gasteiger partial charge on any atom is 0.418 e. The molecule has 0 amide bonds. The van der Waals surface area contributed by atoms with Gasteiger partial charge in [0, 0.05) is 24.0 Å². The lowest BCUT2D eigenvalue weighted by atomic mass is 10.1. The molecule has 0 spiro atoms. The van der Waals surface area contributed by atoms with Crippen molar-refractivity contribution in [2.75, 3.05) is 16.8 Å². The number of hydrogen-bond acceptors (Lipinski definition) is 4. The third-order valence-corrected chi connectivity index (χ3v) is 4.48. The quantitative estimate of drug-likeness (QED) is 0.684. The molecule has 2 heterocycles. The van der Waals surface area contributed by atoms with E-state index in [1.54, 1.807) is 13.0 Å². The first kappa shape index (κ1) is 17.3. The smallest absolute Gasteiger partial charge is 0.326 e. The topological polar surface area (TPSA) is 41.1 Å². The van der Waals surface area contributed by atoms with Gasteiger partial charge in [-0.25, -0.2) is 4.98 Å². The summed E-state index contributed by atoms with van der Waals surface area (Å²) in [4.78, 5) is 10.8. The van der Waals surface area contributed by atoms with Gasteiger partial charge in [0.2, 0.25) is 5.95 Å². The molecule has 0 unspecified atom stereocenters. The SMILES string of the molecule is Cc1cc(N2CCc3ccccc32)nc(Nc2ccccc2C(F)(F)F)n1. The van der Waals surface area contributed by atoms with E-state index in [1.807, 2.05) is 24.3 Å². The molecule has 1 N–H and O–H groups in total. The molecule has 0 radical (unpaired) electrons. The zero-order valence-electron chi connectivity index (χ0n) is 14.6. The molecule has 4 rings (SSSR count). The Balaban J connectivity index is 1.69. The van der Waals surface area contributed by atoms with Crippen molar-refractivity contribution in [1.29, 1.82) is 0 Å². The summed E-state index contributed by atoms with van der Waals surface area (Å²) in [7, 11) is 0. The van der Waals surface area contributed by atoms with E-state index in [0.29, 0.717) is 11.5 Å². The highest BCUT2D eigenvalue weighted by Gasteiger charge is 2.33. The molecule has 7 heteroatoms. The van der Waals surface area contributed by atoms with Crippen molar-refractivity contribution < 1.29 is 13.2 Å². The molecule has 1 aliphatic heterocycles. The van der Waals surface area contributed by atoms with Crippen LogP contribution in [0, 0.1) is 6.92 Å². The van der Waals surface area contributed by atoms with Crippen LogP contribution >= 0.6 is 0 Å². The van der Waals surface area contributed by atoms with E-state index >= 15 is 0 Å². The molecule has 138 valence electrons. The normalized spacial score (nSPS) is 13.6. The van der Waals surface area contributed by atoms with Crippen LogP contribution in [0.15, 0.2) is 54.6 Å². The summed E-state index contributed by atoms with van der Waals surface area (Å²) in [5.74, 6) is 0.811. The lowest BCUT2D eigenvalue weighted by Crippen LogP contribution is -2.16. The Bertz CT molecular complexity index is 985. The minimum Gasteiger partial charge on any atom is -0.326 e. The molecule has 0 aliphatic carbocycles. The highest BCUT2D eigenvalue weighted by atomic mass is 19.4. The summed E-state index contributed by atoms with van der Waals surface area (Å²) in [6, 6.07) is 15.2. The summed E-state index contributed by atoms with van der Waals surface area (Å²) < 4.78 is 39.7. The van der Waals surface area contributed by atoms with E-state index in [2.05, 4.69) is 26.3 Å². The number of aromatic nitrogens is 2.